The predicted molar refractivity (Wildman–Crippen MR) is 124 cm³/mol. The summed E-state index contributed by atoms with van der Waals surface area (Å²) >= 11 is 0. The lowest BCUT2D eigenvalue weighted by Crippen LogP contribution is -2.65. The van der Waals surface area contributed by atoms with Gasteiger partial charge in [-0.15, -0.1) is 12.4 Å². The number of benzene rings is 1. The summed E-state index contributed by atoms with van der Waals surface area (Å²) in [5.74, 6) is 1.52. The molecule has 3 aliphatic carbocycles. The molecule has 2 bridgehead atoms. The minimum absolute atomic E-state index is 0. The van der Waals surface area contributed by atoms with Crippen LogP contribution < -0.4 is 4.74 Å². The van der Waals surface area contributed by atoms with Crippen molar-refractivity contribution in [2.45, 2.75) is 84.4 Å². The highest BCUT2D eigenvalue weighted by molar-refractivity contribution is 6.45. The Morgan fingerprint density at radius 2 is 1.94 bits per heavy atom. The van der Waals surface area contributed by atoms with Crippen molar-refractivity contribution in [3.63, 3.8) is 0 Å². The molecule has 1 aromatic carbocycles. The lowest BCUT2D eigenvalue weighted by Gasteiger charge is -2.64. The fourth-order valence-corrected chi connectivity index (χ4v) is 5.87. The number of methoxy groups -OCH3 is 1. The Balaban J connectivity index is 0.00000272. The Morgan fingerprint density at radius 1 is 1.23 bits per heavy atom. The Kier molecular flexibility index (Phi) is 6.52. The van der Waals surface area contributed by atoms with Crippen LogP contribution in [0.3, 0.4) is 0 Å². The third kappa shape index (κ3) is 4.23. The van der Waals surface area contributed by atoms with Crippen LogP contribution in [-0.2, 0) is 20.5 Å². The molecule has 0 aromatic heterocycles. The highest BCUT2D eigenvalue weighted by Gasteiger charge is 2.67. The summed E-state index contributed by atoms with van der Waals surface area (Å²) in [7, 11) is 1.38. The molecular weight excluding hydrogens is 415 g/mol. The van der Waals surface area contributed by atoms with Gasteiger partial charge in [0.25, 0.3) is 0 Å². The Bertz CT molecular complexity index is 836. The van der Waals surface area contributed by atoms with Gasteiger partial charge in [-0.2, -0.15) is 0 Å². The fraction of sp³-hybridized carbons (Fsp3) is 0.708. The minimum Gasteiger partial charge on any atom is -0.496 e. The number of halogens is 1. The first-order valence-corrected chi connectivity index (χ1v) is 11.2. The van der Waals surface area contributed by atoms with Crippen molar-refractivity contribution < 1.29 is 23.6 Å². The highest BCUT2D eigenvalue weighted by Crippen LogP contribution is 2.65. The lowest BCUT2D eigenvalue weighted by atomic mass is 9.43. The molecule has 1 heterocycles. The molecule has 4 aliphatic rings. The first-order chi connectivity index (χ1) is 14.0. The molecule has 0 N–H and O–H groups in total. The maximum Gasteiger partial charge on any atom is 0.457 e. The van der Waals surface area contributed by atoms with E-state index in [0.29, 0.717) is 29.1 Å². The molecule has 3 saturated carbocycles. The quantitative estimate of drug-likeness (QED) is 0.447. The molecule has 0 radical (unpaired) electrons. The first-order valence-electron chi connectivity index (χ1n) is 11.2. The van der Waals surface area contributed by atoms with Crippen LogP contribution in [0.15, 0.2) is 18.2 Å². The van der Waals surface area contributed by atoms with Crippen LogP contribution in [0.1, 0.15) is 70.3 Å². The normalized spacial score (nSPS) is 30.7. The second-order valence-corrected chi connectivity index (χ2v) is 10.9. The zero-order chi connectivity index (χ0) is 21.9. The predicted octanol–water partition coefficient (Wildman–Crippen LogP) is 5.34. The SMILES string of the molecule is COc1c(CCB2O[C@@H]3CC4CC(C4(C)C)[C@]3(C)O2)cccc1C(=O)OC(C)(C)C.Cl. The maximum atomic E-state index is 12.6. The topological polar surface area (TPSA) is 54.0 Å². The molecular formula is C24H36BClO5. The number of aryl methyl sites for hydroxylation is 1. The summed E-state index contributed by atoms with van der Waals surface area (Å²) in [4.78, 5) is 12.6. The molecule has 1 saturated heterocycles. The van der Waals surface area contributed by atoms with Crippen LogP contribution in [0.2, 0.25) is 6.32 Å². The third-order valence-electron chi connectivity index (χ3n) is 7.57. The van der Waals surface area contributed by atoms with Crippen molar-refractivity contribution in [1.82, 2.24) is 0 Å². The monoisotopic (exact) mass is 450 g/mol. The van der Waals surface area contributed by atoms with Crippen LogP contribution in [-0.4, -0.2) is 37.5 Å². The van der Waals surface area contributed by atoms with Gasteiger partial charge in [0, 0.05) is 0 Å². The van der Waals surface area contributed by atoms with Gasteiger partial charge in [0.05, 0.1) is 18.8 Å². The van der Waals surface area contributed by atoms with Crippen molar-refractivity contribution >= 4 is 25.5 Å². The average Bonchev–Trinajstić information content (AvgIpc) is 3.00. The van der Waals surface area contributed by atoms with E-state index in [-0.39, 0.29) is 37.2 Å². The Morgan fingerprint density at radius 3 is 2.55 bits per heavy atom. The molecule has 1 aromatic rings. The summed E-state index contributed by atoms with van der Waals surface area (Å²) in [6.07, 6.45) is 3.98. The zero-order valence-electron chi connectivity index (χ0n) is 19.8. The molecule has 2 unspecified atom stereocenters. The van der Waals surface area contributed by atoms with Gasteiger partial charge in [-0.25, -0.2) is 4.79 Å². The number of carbonyl (C=O) groups is 1. The second kappa shape index (κ2) is 8.28. The number of ether oxygens (including phenoxy) is 2. The first kappa shape index (κ1) is 24.4. The van der Waals surface area contributed by atoms with Crippen molar-refractivity contribution in [3.05, 3.63) is 29.3 Å². The van der Waals surface area contributed by atoms with Crippen molar-refractivity contribution in [1.29, 1.82) is 0 Å². The smallest absolute Gasteiger partial charge is 0.457 e. The molecule has 0 spiro atoms. The standard InChI is InChI=1S/C24H35BO5.ClH/c1-22(2,3)28-21(26)17-10-8-9-15(20(17)27-7)11-12-25-29-19-14-16-13-18(23(16,4)5)24(19,6)30-25;/h8-10,16,18-19H,11-14H2,1-7H3;1H/t16?,18?,19-,24+;/m1./s1. The fourth-order valence-electron chi connectivity index (χ4n) is 5.87. The van der Waals surface area contributed by atoms with E-state index >= 15 is 0 Å². The van der Waals surface area contributed by atoms with Crippen LogP contribution >= 0.6 is 12.4 Å². The largest absolute Gasteiger partial charge is 0.496 e. The van der Waals surface area contributed by atoms with E-state index in [4.69, 9.17) is 18.8 Å². The second-order valence-electron chi connectivity index (χ2n) is 10.9. The van der Waals surface area contributed by atoms with Crippen LogP contribution in [0.5, 0.6) is 5.75 Å². The number of esters is 1. The van der Waals surface area contributed by atoms with Gasteiger partial charge in [-0.1, -0.05) is 26.0 Å². The molecule has 4 atom stereocenters. The van der Waals surface area contributed by atoms with Crippen LogP contribution in [0.4, 0.5) is 0 Å². The Hall–Kier alpha value is -1.24. The van der Waals surface area contributed by atoms with Crippen molar-refractivity contribution in [2.24, 2.45) is 17.3 Å². The van der Waals surface area contributed by atoms with Crippen molar-refractivity contribution in [2.75, 3.05) is 7.11 Å². The van der Waals surface area contributed by atoms with Gasteiger partial charge < -0.3 is 18.8 Å². The highest BCUT2D eigenvalue weighted by atomic mass is 35.5. The number of hydrogen-bond donors (Lipinski definition) is 0. The van der Waals surface area contributed by atoms with E-state index in [0.717, 1.165) is 24.2 Å². The van der Waals surface area contributed by atoms with E-state index in [9.17, 15) is 4.79 Å². The zero-order valence-corrected chi connectivity index (χ0v) is 20.6. The molecule has 31 heavy (non-hydrogen) atoms. The molecule has 172 valence electrons. The van der Waals surface area contributed by atoms with Gasteiger partial charge >= 0.3 is 13.1 Å². The van der Waals surface area contributed by atoms with Crippen LogP contribution in [0.25, 0.3) is 0 Å². The summed E-state index contributed by atoms with van der Waals surface area (Å²) in [5.41, 5.74) is 1.03. The van der Waals surface area contributed by atoms with Gasteiger partial charge in [0.15, 0.2) is 0 Å². The molecule has 0 amide bonds. The number of hydrogen-bond acceptors (Lipinski definition) is 5. The summed E-state index contributed by atoms with van der Waals surface area (Å²) in [5, 5.41) is 0. The Labute approximate surface area is 193 Å². The minimum atomic E-state index is -0.552. The lowest BCUT2D eigenvalue weighted by molar-refractivity contribution is -0.199. The van der Waals surface area contributed by atoms with E-state index in [1.807, 2.05) is 32.9 Å². The van der Waals surface area contributed by atoms with E-state index in [1.54, 1.807) is 13.2 Å². The average molecular weight is 451 g/mol. The van der Waals surface area contributed by atoms with Gasteiger partial charge in [-0.3, -0.25) is 0 Å². The van der Waals surface area contributed by atoms with E-state index < -0.39 is 5.60 Å². The summed E-state index contributed by atoms with van der Waals surface area (Å²) < 4.78 is 24.0. The number of carbonyl (C=O) groups excluding carboxylic acids is 1. The molecule has 5 rings (SSSR count). The molecule has 7 heteroatoms. The van der Waals surface area contributed by atoms with E-state index in [1.165, 1.54) is 6.42 Å². The summed E-state index contributed by atoms with van der Waals surface area (Å²) in [6, 6.07) is 5.63. The maximum absolute atomic E-state index is 12.6. The van der Waals surface area contributed by atoms with Crippen LogP contribution in [0, 0.1) is 17.3 Å². The molecule has 5 nitrogen and oxygen atoms in total. The molecule has 1 aliphatic heterocycles. The summed E-state index contributed by atoms with van der Waals surface area (Å²) in [6.45, 7) is 12.6. The van der Waals surface area contributed by atoms with Crippen molar-refractivity contribution in [3.8, 4) is 5.75 Å². The number of para-hydroxylation sites is 1. The van der Waals surface area contributed by atoms with Gasteiger partial charge in [0.1, 0.15) is 16.9 Å². The number of rotatable bonds is 5. The third-order valence-corrected chi connectivity index (χ3v) is 7.57. The van der Waals surface area contributed by atoms with E-state index in [2.05, 4.69) is 20.8 Å². The molecule has 4 fully saturated rings. The van der Waals surface area contributed by atoms with Gasteiger partial charge in [0.2, 0.25) is 0 Å². The van der Waals surface area contributed by atoms with Gasteiger partial charge in [-0.05, 0) is 82.2 Å².